The number of aromatic nitrogens is 1. The summed E-state index contributed by atoms with van der Waals surface area (Å²) in [6.07, 6.45) is 5.03. The van der Waals surface area contributed by atoms with Crippen LogP contribution in [0.15, 0.2) is 30.5 Å². The molecule has 5 amide bonds. The van der Waals surface area contributed by atoms with Crippen LogP contribution < -0.4 is 16.0 Å². The quantitative estimate of drug-likeness (QED) is 0.318. The van der Waals surface area contributed by atoms with Gasteiger partial charge in [-0.15, -0.1) is 0 Å². The van der Waals surface area contributed by atoms with Crippen molar-refractivity contribution in [3.05, 3.63) is 36.0 Å². The Kier molecular flexibility index (Phi) is 10.9. The van der Waals surface area contributed by atoms with Crippen LogP contribution >= 0.6 is 0 Å². The van der Waals surface area contributed by atoms with Crippen molar-refractivity contribution >= 4 is 40.4 Å². The molecule has 1 aromatic heterocycles. The molecule has 0 spiro atoms. The summed E-state index contributed by atoms with van der Waals surface area (Å²) in [5, 5.41) is 21.1. The van der Waals surface area contributed by atoms with E-state index in [2.05, 4.69) is 20.9 Å². The number of amides is 5. The van der Waals surface area contributed by atoms with E-state index in [0.717, 1.165) is 42.1 Å². The molecule has 2 bridgehead atoms. The van der Waals surface area contributed by atoms with Gasteiger partial charge < -0.3 is 40.6 Å². The Balaban J connectivity index is 1.35. The van der Waals surface area contributed by atoms with Gasteiger partial charge >= 0.3 is 0 Å². The summed E-state index contributed by atoms with van der Waals surface area (Å²) in [6.45, 7) is 4.12. The van der Waals surface area contributed by atoms with Gasteiger partial charge in [-0.05, 0) is 56.1 Å². The summed E-state index contributed by atoms with van der Waals surface area (Å²) >= 11 is 0. The molecule has 5 N–H and O–H groups in total. The Morgan fingerprint density at radius 1 is 0.959 bits per heavy atom. The monoisotopic (exact) mass is 678 g/mol. The number of carbonyl (C=O) groups excluding carboxylic acids is 5. The Hall–Kier alpha value is -3.97. The van der Waals surface area contributed by atoms with Gasteiger partial charge in [0.15, 0.2) is 0 Å². The first-order chi connectivity index (χ1) is 23.6. The molecule has 3 saturated heterocycles. The predicted octanol–water partition coefficient (Wildman–Crippen LogP) is 1.38. The smallest absolute Gasteiger partial charge is 0.246 e. The lowest BCUT2D eigenvalue weighted by Crippen LogP contribution is -2.60. The SMILES string of the molecule is CC(C)C[C@H]1NC(=O)[C@H]2CCCN2C(=O)[C@@H](Cc2c[nH]c3ccccc23)NC(=O)CN(C(=O)C2CCCC2)C[C@H]2OCC[C@H](NC1=O)[C@@H]2O. The summed E-state index contributed by atoms with van der Waals surface area (Å²) in [4.78, 5) is 75.8. The van der Waals surface area contributed by atoms with Gasteiger partial charge in [0.2, 0.25) is 29.5 Å². The highest BCUT2D eigenvalue weighted by atomic mass is 16.5. The Morgan fingerprint density at radius 3 is 2.51 bits per heavy atom. The second-order valence-electron chi connectivity index (χ2n) is 14.6. The topological polar surface area (TPSA) is 173 Å². The minimum Gasteiger partial charge on any atom is -0.388 e. The van der Waals surface area contributed by atoms with Crippen LogP contribution in [0.4, 0.5) is 0 Å². The Morgan fingerprint density at radius 2 is 1.73 bits per heavy atom. The molecule has 3 aliphatic heterocycles. The van der Waals surface area contributed by atoms with Gasteiger partial charge in [-0.2, -0.15) is 0 Å². The summed E-state index contributed by atoms with van der Waals surface area (Å²) in [5.74, 6) is -2.09. The summed E-state index contributed by atoms with van der Waals surface area (Å²) in [6, 6.07) is 4.32. The van der Waals surface area contributed by atoms with Gasteiger partial charge in [-0.25, -0.2) is 0 Å². The van der Waals surface area contributed by atoms with Gasteiger partial charge in [0.1, 0.15) is 30.3 Å². The van der Waals surface area contributed by atoms with Crippen molar-refractivity contribution in [1.29, 1.82) is 0 Å². The van der Waals surface area contributed by atoms with E-state index in [1.54, 1.807) is 0 Å². The molecule has 49 heavy (non-hydrogen) atoms. The van der Waals surface area contributed by atoms with E-state index in [-0.39, 0.29) is 43.9 Å². The van der Waals surface area contributed by atoms with E-state index >= 15 is 0 Å². The van der Waals surface area contributed by atoms with E-state index in [1.165, 1.54) is 9.80 Å². The number of aliphatic hydroxyl groups excluding tert-OH is 1. The van der Waals surface area contributed by atoms with E-state index in [4.69, 9.17) is 4.74 Å². The van der Waals surface area contributed by atoms with E-state index in [0.29, 0.717) is 32.2 Å². The van der Waals surface area contributed by atoms with Gasteiger partial charge in [0.05, 0.1) is 19.1 Å². The second kappa shape index (κ2) is 15.3. The number of aliphatic hydroxyl groups is 1. The highest BCUT2D eigenvalue weighted by Crippen LogP contribution is 2.28. The van der Waals surface area contributed by atoms with Gasteiger partial charge in [0.25, 0.3) is 0 Å². The number of nitrogens with one attached hydrogen (secondary N) is 4. The number of hydrogen-bond donors (Lipinski definition) is 5. The fourth-order valence-corrected chi connectivity index (χ4v) is 7.96. The number of nitrogens with zero attached hydrogens (tertiary/aromatic N) is 2. The first-order valence-electron chi connectivity index (χ1n) is 17.9. The number of para-hydroxylation sites is 1. The lowest BCUT2D eigenvalue weighted by atomic mass is 9.96. The molecule has 1 aliphatic carbocycles. The number of benzene rings is 1. The lowest BCUT2D eigenvalue weighted by Gasteiger charge is -2.38. The highest BCUT2D eigenvalue weighted by molar-refractivity contribution is 5.96. The molecule has 1 saturated carbocycles. The van der Waals surface area contributed by atoms with Crippen molar-refractivity contribution in [3.63, 3.8) is 0 Å². The normalized spacial score (nSPS) is 29.5. The van der Waals surface area contributed by atoms with Crippen LogP contribution in [-0.4, -0.2) is 112 Å². The van der Waals surface area contributed by atoms with Crippen LogP contribution in [0, 0.1) is 11.8 Å². The van der Waals surface area contributed by atoms with Gasteiger partial charge in [0, 0.05) is 42.6 Å². The van der Waals surface area contributed by atoms with Crippen molar-refractivity contribution in [1.82, 2.24) is 30.7 Å². The highest BCUT2D eigenvalue weighted by Gasteiger charge is 2.42. The molecule has 6 rings (SSSR count). The number of rotatable bonds is 5. The maximum absolute atomic E-state index is 14.4. The Labute approximate surface area is 286 Å². The van der Waals surface area contributed by atoms with E-state index in [1.807, 2.05) is 44.3 Å². The molecule has 6 atom stereocenters. The van der Waals surface area contributed by atoms with Crippen LogP contribution in [-0.2, 0) is 35.1 Å². The minimum atomic E-state index is -1.15. The number of H-pyrrole nitrogens is 1. The number of fused-ring (bicyclic) bond motifs is 4. The lowest BCUT2D eigenvalue weighted by molar-refractivity contribution is -0.148. The van der Waals surface area contributed by atoms with Crippen molar-refractivity contribution < 1.29 is 33.8 Å². The van der Waals surface area contributed by atoms with Crippen LogP contribution in [0.25, 0.3) is 10.9 Å². The molecule has 4 fully saturated rings. The first-order valence-corrected chi connectivity index (χ1v) is 17.9. The third kappa shape index (κ3) is 7.93. The first kappa shape index (κ1) is 34.9. The summed E-state index contributed by atoms with van der Waals surface area (Å²) in [7, 11) is 0. The molecule has 13 nitrogen and oxygen atoms in total. The van der Waals surface area contributed by atoms with E-state index in [9.17, 15) is 29.1 Å². The summed E-state index contributed by atoms with van der Waals surface area (Å²) < 4.78 is 5.95. The van der Waals surface area contributed by atoms with Gasteiger partial charge in [-0.3, -0.25) is 24.0 Å². The molecular weight excluding hydrogens is 628 g/mol. The van der Waals surface area contributed by atoms with Crippen molar-refractivity contribution in [2.45, 2.75) is 108 Å². The molecule has 2 aromatic rings. The van der Waals surface area contributed by atoms with E-state index < -0.39 is 60.0 Å². The zero-order valence-electron chi connectivity index (χ0n) is 28.5. The largest absolute Gasteiger partial charge is 0.388 e. The predicted molar refractivity (Wildman–Crippen MR) is 181 cm³/mol. The number of carbonyl (C=O) groups is 5. The van der Waals surface area contributed by atoms with Crippen molar-refractivity contribution in [3.8, 4) is 0 Å². The molecule has 266 valence electrons. The second-order valence-corrected chi connectivity index (χ2v) is 14.6. The molecule has 4 aliphatic rings. The third-order valence-electron chi connectivity index (χ3n) is 10.5. The molecule has 4 heterocycles. The Bertz CT molecular complexity index is 1540. The average molecular weight is 679 g/mol. The molecule has 0 radical (unpaired) electrons. The molecular formula is C36H50N6O7. The fourth-order valence-electron chi connectivity index (χ4n) is 7.96. The fraction of sp³-hybridized carbons (Fsp3) is 0.639. The maximum atomic E-state index is 14.4. The number of hydrogen-bond acceptors (Lipinski definition) is 7. The third-order valence-corrected chi connectivity index (χ3v) is 10.5. The zero-order chi connectivity index (χ0) is 34.7. The van der Waals surface area contributed by atoms with Crippen molar-refractivity contribution in [2.75, 3.05) is 26.2 Å². The molecule has 13 heteroatoms. The number of ether oxygens (including phenoxy) is 1. The zero-order valence-corrected chi connectivity index (χ0v) is 28.5. The average Bonchev–Trinajstić information content (AvgIpc) is 3.86. The minimum absolute atomic E-state index is 0.0439. The standard InChI is InChI=1S/C36H50N6O7/c1-21(2)16-27-33(45)39-26-13-15-49-30(32(26)44)19-41(35(47)22-8-3-4-9-22)20-31(43)38-28(17-23-18-37-25-11-6-5-10-24(23)25)36(48)42-14-7-12-29(42)34(46)40-27/h5-6,10-11,18,21-22,26-30,32,37,44H,3-4,7-9,12-17,19-20H2,1-2H3,(H,38,43)(H,39,45)(H,40,46)/t26-,27+,28+,29+,30+,32-/m0/s1. The van der Waals surface area contributed by atoms with Crippen molar-refractivity contribution in [2.24, 2.45) is 11.8 Å². The molecule has 1 aromatic carbocycles. The van der Waals surface area contributed by atoms with Crippen LogP contribution in [0.2, 0.25) is 0 Å². The number of aromatic amines is 1. The van der Waals surface area contributed by atoms with Crippen LogP contribution in [0.3, 0.4) is 0 Å². The van der Waals surface area contributed by atoms with Crippen LogP contribution in [0.1, 0.15) is 70.8 Å². The van der Waals surface area contributed by atoms with Gasteiger partial charge in [-0.1, -0.05) is 44.9 Å². The molecule has 0 unspecified atom stereocenters. The maximum Gasteiger partial charge on any atom is 0.246 e. The van der Waals surface area contributed by atoms with Crippen LogP contribution in [0.5, 0.6) is 0 Å². The summed E-state index contributed by atoms with van der Waals surface area (Å²) in [5.41, 5.74) is 1.73.